The molecule has 118 valence electrons. The number of hydrogen-bond donors (Lipinski definition) is 0. The maximum Gasteiger partial charge on any atom is 0.306 e. The van der Waals surface area contributed by atoms with Gasteiger partial charge in [0.05, 0.1) is 0 Å². The first-order chi connectivity index (χ1) is 9.55. The van der Waals surface area contributed by atoms with Crippen molar-refractivity contribution in [2.75, 3.05) is 0 Å². The molecule has 2 radical (unpaired) electrons. The van der Waals surface area contributed by atoms with Gasteiger partial charge in [0.2, 0.25) is 7.28 Å². The summed E-state index contributed by atoms with van der Waals surface area (Å²) < 4.78 is 57.6. The molecule has 2 saturated heterocycles. The van der Waals surface area contributed by atoms with Gasteiger partial charge in [-0.3, -0.25) is 0 Å². The largest absolute Gasteiger partial charge is 0.306 e. The van der Waals surface area contributed by atoms with Crippen LogP contribution in [0.2, 0.25) is 11.0 Å². The van der Waals surface area contributed by atoms with E-state index in [2.05, 4.69) is 0 Å². The van der Waals surface area contributed by atoms with E-state index in [0.717, 1.165) is 25.7 Å². The van der Waals surface area contributed by atoms with Crippen LogP contribution in [-0.2, 0) is 0 Å². The van der Waals surface area contributed by atoms with Crippen LogP contribution in [0.3, 0.4) is 0 Å². The van der Waals surface area contributed by atoms with Crippen LogP contribution < -0.4 is 0 Å². The molecule has 2 heterocycles. The van der Waals surface area contributed by atoms with Crippen LogP contribution in [0.1, 0.15) is 65.7 Å². The van der Waals surface area contributed by atoms with Gasteiger partial charge in [0.1, 0.15) is 7.28 Å². The molecule has 21 heavy (non-hydrogen) atoms. The van der Waals surface area contributed by atoms with Crippen molar-refractivity contribution in [1.29, 1.82) is 0 Å². The van der Waals surface area contributed by atoms with E-state index in [0.29, 0.717) is 25.9 Å². The maximum atomic E-state index is 14.4. The van der Waals surface area contributed by atoms with Crippen molar-refractivity contribution in [1.82, 2.24) is 0 Å². The van der Waals surface area contributed by atoms with E-state index in [1.165, 1.54) is 20.8 Å². The van der Waals surface area contributed by atoms with Crippen molar-refractivity contribution >= 4 is 14.6 Å². The SMILES string of the molecule is CCC(C)(C)C(F)(F)C(F)(F)[B]C12[B]C(CCC1)CCC2. The average Bonchev–Trinajstić information content (AvgIpc) is 2.37. The highest BCUT2D eigenvalue weighted by Crippen LogP contribution is 2.56. The first kappa shape index (κ1) is 17.2. The lowest BCUT2D eigenvalue weighted by atomic mass is 9.22. The highest BCUT2D eigenvalue weighted by atomic mass is 19.3. The fraction of sp³-hybridized carbons (Fsp3) is 1.00. The molecule has 0 unspecified atom stereocenters. The van der Waals surface area contributed by atoms with Crippen LogP contribution in [-0.4, -0.2) is 26.3 Å². The third-order valence-electron chi connectivity index (χ3n) is 5.62. The van der Waals surface area contributed by atoms with E-state index in [4.69, 9.17) is 0 Å². The van der Waals surface area contributed by atoms with E-state index in [1.54, 1.807) is 0 Å². The van der Waals surface area contributed by atoms with Gasteiger partial charge in [-0.05, 0) is 6.42 Å². The second-order valence-corrected chi connectivity index (χ2v) is 7.52. The fourth-order valence-electron chi connectivity index (χ4n) is 3.78. The number of hydrogen-bond acceptors (Lipinski definition) is 0. The molecule has 6 heteroatoms. The predicted octanol–water partition coefficient (Wildman–Crippen LogP) is 5.33. The predicted molar refractivity (Wildman–Crippen MR) is 79.6 cm³/mol. The summed E-state index contributed by atoms with van der Waals surface area (Å²) in [6.45, 7) is 3.98. The summed E-state index contributed by atoms with van der Waals surface area (Å²) in [7, 11) is 2.63. The smallest absolute Gasteiger partial charge is 0.212 e. The Morgan fingerprint density at radius 3 is 2.10 bits per heavy atom. The number of rotatable bonds is 5. The molecule has 2 fully saturated rings. The Balaban J connectivity index is 2.20. The number of alkyl halides is 4. The van der Waals surface area contributed by atoms with Crippen molar-refractivity contribution < 1.29 is 17.6 Å². The minimum absolute atomic E-state index is 0.0166. The van der Waals surface area contributed by atoms with Crippen LogP contribution in [0, 0.1) is 5.41 Å². The van der Waals surface area contributed by atoms with Gasteiger partial charge in [0.15, 0.2) is 0 Å². The summed E-state index contributed by atoms with van der Waals surface area (Å²) in [5, 5.41) is -0.794. The van der Waals surface area contributed by atoms with E-state index in [-0.39, 0.29) is 6.42 Å². The zero-order chi connectivity index (χ0) is 15.9. The minimum Gasteiger partial charge on any atom is -0.212 e. The van der Waals surface area contributed by atoms with Crippen molar-refractivity contribution in [2.24, 2.45) is 5.41 Å². The zero-order valence-corrected chi connectivity index (χ0v) is 13.2. The molecule has 0 spiro atoms. The van der Waals surface area contributed by atoms with E-state index in [1.807, 2.05) is 7.28 Å². The van der Waals surface area contributed by atoms with Crippen LogP contribution in [0.4, 0.5) is 17.6 Å². The van der Waals surface area contributed by atoms with Crippen LogP contribution in [0.15, 0.2) is 0 Å². The summed E-state index contributed by atoms with van der Waals surface area (Å²) in [5.41, 5.74) is -1.72. The lowest BCUT2D eigenvalue weighted by Crippen LogP contribution is -2.58. The Morgan fingerprint density at radius 1 is 1.10 bits per heavy atom. The standard InChI is InChI=1S/C15H24B2F4/c1-4-12(2,3)14(18,19)15(20,21)17-13-9-5-7-11(16-13)8-6-10-13/h11H,4-10H2,1-3H3. The summed E-state index contributed by atoms with van der Waals surface area (Å²) in [6.07, 6.45) is 4.93. The van der Waals surface area contributed by atoms with Gasteiger partial charge in [-0.1, -0.05) is 70.3 Å². The van der Waals surface area contributed by atoms with E-state index >= 15 is 0 Å². The van der Waals surface area contributed by atoms with E-state index < -0.39 is 22.4 Å². The number of fused-ring (bicyclic) bond motifs is 2. The van der Waals surface area contributed by atoms with Crippen molar-refractivity contribution in [3.8, 4) is 0 Å². The Bertz CT molecular complexity index is 372. The molecule has 0 amide bonds. The highest BCUT2D eigenvalue weighted by Gasteiger charge is 2.65. The van der Waals surface area contributed by atoms with Gasteiger partial charge in [-0.25, -0.2) is 17.6 Å². The minimum atomic E-state index is -4.07. The van der Waals surface area contributed by atoms with Gasteiger partial charge >= 0.3 is 5.92 Å². The third-order valence-corrected chi connectivity index (χ3v) is 5.62. The molecular weight excluding hydrogens is 278 g/mol. The van der Waals surface area contributed by atoms with Gasteiger partial charge < -0.3 is 0 Å². The summed E-state index contributed by atoms with van der Waals surface area (Å²) >= 11 is 0. The fourth-order valence-corrected chi connectivity index (χ4v) is 3.78. The molecule has 2 bridgehead atoms. The second kappa shape index (κ2) is 5.49. The van der Waals surface area contributed by atoms with Crippen molar-refractivity contribution in [3.05, 3.63) is 0 Å². The molecule has 0 N–H and O–H groups in total. The molecular formula is C15H24B2F4. The van der Waals surface area contributed by atoms with Crippen molar-refractivity contribution in [2.45, 2.75) is 88.5 Å². The number of halogens is 4. The summed E-state index contributed by atoms with van der Waals surface area (Å²) in [4.78, 5) is 0. The Morgan fingerprint density at radius 2 is 1.62 bits per heavy atom. The molecule has 0 atom stereocenters. The molecule has 0 aromatic heterocycles. The van der Waals surface area contributed by atoms with Crippen LogP contribution in [0.25, 0.3) is 0 Å². The van der Waals surface area contributed by atoms with Crippen LogP contribution in [0.5, 0.6) is 0 Å². The molecule has 0 nitrogen and oxygen atoms in total. The molecule has 0 aromatic carbocycles. The molecule has 2 aliphatic rings. The molecule has 2 aliphatic heterocycles. The average molecular weight is 302 g/mol. The topological polar surface area (TPSA) is 0 Å². The van der Waals surface area contributed by atoms with Gasteiger partial charge in [-0.2, -0.15) is 0 Å². The Hall–Kier alpha value is -0.150. The monoisotopic (exact) mass is 302 g/mol. The first-order valence-corrected chi connectivity index (χ1v) is 8.04. The zero-order valence-electron chi connectivity index (χ0n) is 13.2. The lowest BCUT2D eigenvalue weighted by Gasteiger charge is -2.48. The first-order valence-electron chi connectivity index (χ1n) is 8.04. The normalized spacial score (nSPS) is 30.7. The Labute approximate surface area is 126 Å². The summed E-state index contributed by atoms with van der Waals surface area (Å²) in [5.74, 6) is -7.77. The van der Waals surface area contributed by atoms with Gasteiger partial charge in [0, 0.05) is 5.41 Å². The molecule has 2 rings (SSSR count). The van der Waals surface area contributed by atoms with E-state index in [9.17, 15) is 17.6 Å². The highest BCUT2D eigenvalue weighted by molar-refractivity contribution is 6.65. The lowest BCUT2D eigenvalue weighted by molar-refractivity contribution is -0.223. The van der Waals surface area contributed by atoms with Gasteiger partial charge in [-0.15, -0.1) is 0 Å². The van der Waals surface area contributed by atoms with Crippen molar-refractivity contribution in [3.63, 3.8) is 0 Å². The molecule has 0 aliphatic carbocycles. The van der Waals surface area contributed by atoms with Crippen LogP contribution >= 0.6 is 0 Å². The maximum absolute atomic E-state index is 14.4. The molecule has 0 saturated carbocycles. The molecule has 0 aromatic rings. The second-order valence-electron chi connectivity index (χ2n) is 7.52. The quantitative estimate of drug-likeness (QED) is 0.475. The van der Waals surface area contributed by atoms with Gasteiger partial charge in [0.25, 0.3) is 5.82 Å². The Kier molecular flexibility index (Phi) is 4.50. The summed E-state index contributed by atoms with van der Waals surface area (Å²) in [6, 6.07) is 0. The third kappa shape index (κ3) is 3.01.